The summed E-state index contributed by atoms with van der Waals surface area (Å²) < 4.78 is 0. The van der Waals surface area contributed by atoms with E-state index in [1.165, 1.54) is 6.20 Å². The fourth-order valence-corrected chi connectivity index (χ4v) is 3.78. The Labute approximate surface area is 136 Å². The molecule has 1 aromatic rings. The number of nitrogens with zero attached hydrogens (tertiary/aromatic N) is 4. The zero-order chi connectivity index (χ0) is 16.4. The van der Waals surface area contributed by atoms with E-state index < -0.39 is 0 Å². The lowest BCUT2D eigenvalue weighted by Gasteiger charge is -2.45. The fraction of sp³-hybridized carbons (Fsp3) is 0.647. The number of hydrogen-bond donors (Lipinski definition) is 0. The van der Waals surface area contributed by atoms with Gasteiger partial charge in [-0.3, -0.25) is 9.59 Å². The molecule has 0 aromatic carbocycles. The van der Waals surface area contributed by atoms with E-state index in [1.54, 1.807) is 12.3 Å². The first-order valence-electron chi connectivity index (χ1n) is 8.38. The molecule has 3 rings (SSSR count). The van der Waals surface area contributed by atoms with Gasteiger partial charge in [0.2, 0.25) is 5.91 Å². The average molecular weight is 316 g/mol. The van der Waals surface area contributed by atoms with E-state index in [0.717, 1.165) is 25.8 Å². The summed E-state index contributed by atoms with van der Waals surface area (Å²) in [6.07, 6.45) is 6.37. The molecule has 1 spiro atoms. The van der Waals surface area contributed by atoms with Gasteiger partial charge < -0.3 is 9.80 Å². The largest absolute Gasteiger partial charge is 0.338 e. The van der Waals surface area contributed by atoms with E-state index in [0.29, 0.717) is 31.0 Å². The van der Waals surface area contributed by atoms with Gasteiger partial charge in [0.05, 0.1) is 18.0 Å². The highest BCUT2D eigenvalue weighted by molar-refractivity contribution is 5.93. The summed E-state index contributed by atoms with van der Waals surface area (Å²) in [4.78, 5) is 28.7. The van der Waals surface area contributed by atoms with Crippen molar-refractivity contribution in [2.75, 3.05) is 19.6 Å². The third-order valence-electron chi connectivity index (χ3n) is 5.04. The van der Waals surface area contributed by atoms with Gasteiger partial charge >= 0.3 is 0 Å². The lowest BCUT2D eigenvalue weighted by Crippen LogP contribution is -2.55. The van der Waals surface area contributed by atoms with Crippen LogP contribution in [0.15, 0.2) is 18.5 Å². The molecule has 0 atom stereocenters. The van der Waals surface area contributed by atoms with E-state index in [4.69, 9.17) is 0 Å². The van der Waals surface area contributed by atoms with Crippen LogP contribution < -0.4 is 0 Å². The standard InChI is InChI=1S/C17H24N4O2/c1-13(2)12-21-15(22)3-5-17(21)6-9-20(10-7-17)16(23)14-4-8-18-19-11-14/h4,8,11,13H,3,5-7,9-10,12H2,1-2H3. The van der Waals surface area contributed by atoms with Gasteiger partial charge in [0.25, 0.3) is 5.91 Å². The van der Waals surface area contributed by atoms with Gasteiger partial charge in [0, 0.05) is 31.6 Å². The summed E-state index contributed by atoms with van der Waals surface area (Å²) in [6, 6.07) is 1.70. The molecule has 23 heavy (non-hydrogen) atoms. The van der Waals surface area contributed by atoms with Gasteiger partial charge in [-0.15, -0.1) is 0 Å². The molecule has 0 aliphatic carbocycles. The quantitative estimate of drug-likeness (QED) is 0.852. The summed E-state index contributed by atoms with van der Waals surface area (Å²) in [7, 11) is 0. The Bertz CT molecular complexity index is 580. The Morgan fingerprint density at radius 3 is 2.61 bits per heavy atom. The molecule has 0 unspecified atom stereocenters. The summed E-state index contributed by atoms with van der Waals surface area (Å²) in [6.45, 7) is 6.51. The maximum atomic E-state index is 12.5. The van der Waals surface area contributed by atoms with Crippen LogP contribution in [0.1, 0.15) is 49.9 Å². The van der Waals surface area contributed by atoms with Crippen LogP contribution in [0, 0.1) is 5.92 Å². The number of likely N-dealkylation sites (tertiary alicyclic amines) is 2. The summed E-state index contributed by atoms with van der Waals surface area (Å²) in [5.41, 5.74) is 0.548. The molecule has 2 amide bonds. The predicted octanol–water partition coefficient (Wildman–Crippen LogP) is 1.73. The minimum absolute atomic E-state index is 0.00878. The van der Waals surface area contributed by atoms with Crippen LogP contribution >= 0.6 is 0 Å². The second-order valence-electron chi connectivity index (χ2n) is 7.05. The van der Waals surface area contributed by atoms with Crippen molar-refractivity contribution in [3.8, 4) is 0 Å². The molecule has 2 aliphatic heterocycles. The third kappa shape index (κ3) is 3.07. The minimum atomic E-state index is -0.0331. The number of carbonyl (C=O) groups excluding carboxylic acids is 2. The summed E-state index contributed by atoms with van der Waals surface area (Å²) in [5, 5.41) is 7.49. The first-order valence-corrected chi connectivity index (χ1v) is 8.38. The molecule has 6 nitrogen and oxygen atoms in total. The van der Waals surface area contributed by atoms with Crippen molar-refractivity contribution >= 4 is 11.8 Å². The maximum absolute atomic E-state index is 12.5. The lowest BCUT2D eigenvalue weighted by molar-refractivity contribution is -0.133. The van der Waals surface area contributed by atoms with Crippen molar-refractivity contribution in [3.05, 3.63) is 24.0 Å². The topological polar surface area (TPSA) is 66.4 Å². The lowest BCUT2D eigenvalue weighted by atomic mass is 9.84. The van der Waals surface area contributed by atoms with E-state index in [-0.39, 0.29) is 17.4 Å². The van der Waals surface area contributed by atoms with Crippen LogP contribution in [-0.2, 0) is 4.79 Å². The van der Waals surface area contributed by atoms with Crippen LogP contribution in [0.5, 0.6) is 0 Å². The number of amides is 2. The van der Waals surface area contributed by atoms with Crippen molar-refractivity contribution < 1.29 is 9.59 Å². The Kier molecular flexibility index (Phi) is 4.33. The highest BCUT2D eigenvalue weighted by Gasteiger charge is 2.47. The van der Waals surface area contributed by atoms with Gasteiger partial charge in [-0.05, 0) is 31.2 Å². The third-order valence-corrected chi connectivity index (χ3v) is 5.04. The SMILES string of the molecule is CC(C)CN1C(=O)CCC12CCN(C(=O)c1ccnnc1)CC2. The smallest absolute Gasteiger partial charge is 0.255 e. The van der Waals surface area contributed by atoms with Crippen molar-refractivity contribution in [1.29, 1.82) is 0 Å². The molecule has 2 saturated heterocycles. The Morgan fingerprint density at radius 2 is 2.00 bits per heavy atom. The van der Waals surface area contributed by atoms with Gasteiger partial charge in [0.1, 0.15) is 0 Å². The maximum Gasteiger partial charge on any atom is 0.255 e. The Hall–Kier alpha value is -1.98. The monoisotopic (exact) mass is 316 g/mol. The van der Waals surface area contributed by atoms with E-state index >= 15 is 0 Å². The van der Waals surface area contributed by atoms with Crippen molar-refractivity contribution in [2.45, 2.75) is 45.1 Å². The van der Waals surface area contributed by atoms with Crippen molar-refractivity contribution in [2.24, 2.45) is 5.92 Å². The Balaban J connectivity index is 1.68. The zero-order valence-corrected chi connectivity index (χ0v) is 13.9. The molecule has 0 saturated carbocycles. The molecule has 2 fully saturated rings. The van der Waals surface area contributed by atoms with Gasteiger partial charge in [-0.1, -0.05) is 13.8 Å². The Morgan fingerprint density at radius 1 is 1.26 bits per heavy atom. The van der Waals surface area contributed by atoms with E-state index in [1.807, 2.05) is 4.90 Å². The molecule has 0 radical (unpaired) electrons. The number of rotatable bonds is 3. The van der Waals surface area contributed by atoms with Gasteiger partial charge in [-0.2, -0.15) is 10.2 Å². The van der Waals surface area contributed by atoms with Crippen molar-refractivity contribution in [3.63, 3.8) is 0 Å². The molecule has 124 valence electrons. The highest BCUT2D eigenvalue weighted by atomic mass is 16.2. The molecule has 1 aromatic heterocycles. The predicted molar refractivity (Wildman–Crippen MR) is 85.7 cm³/mol. The van der Waals surface area contributed by atoms with Crippen LogP contribution in [0.3, 0.4) is 0 Å². The molecule has 0 N–H and O–H groups in total. The first kappa shape index (κ1) is 15.9. The highest BCUT2D eigenvalue weighted by Crippen LogP contribution is 2.39. The summed E-state index contributed by atoms with van der Waals surface area (Å²) in [5.74, 6) is 0.753. The minimum Gasteiger partial charge on any atom is -0.338 e. The second kappa shape index (κ2) is 6.26. The normalized spacial score (nSPS) is 20.6. The fourth-order valence-electron chi connectivity index (χ4n) is 3.78. The molecular weight excluding hydrogens is 292 g/mol. The molecule has 0 bridgehead atoms. The van der Waals surface area contributed by atoms with Crippen LogP contribution in [0.4, 0.5) is 0 Å². The number of piperidine rings is 1. The summed E-state index contributed by atoms with van der Waals surface area (Å²) >= 11 is 0. The van der Waals surface area contributed by atoms with Gasteiger partial charge in [-0.25, -0.2) is 0 Å². The first-order chi connectivity index (χ1) is 11.0. The van der Waals surface area contributed by atoms with Gasteiger partial charge in [0.15, 0.2) is 0 Å². The van der Waals surface area contributed by atoms with Crippen LogP contribution in [0.2, 0.25) is 0 Å². The van der Waals surface area contributed by atoms with Crippen LogP contribution in [-0.4, -0.2) is 57.0 Å². The molecular formula is C17H24N4O2. The molecule has 6 heteroatoms. The van der Waals surface area contributed by atoms with Crippen LogP contribution in [0.25, 0.3) is 0 Å². The zero-order valence-electron chi connectivity index (χ0n) is 13.9. The number of hydrogen-bond acceptors (Lipinski definition) is 4. The second-order valence-corrected chi connectivity index (χ2v) is 7.05. The molecule has 3 heterocycles. The van der Waals surface area contributed by atoms with Crippen molar-refractivity contribution in [1.82, 2.24) is 20.0 Å². The average Bonchev–Trinajstić information content (AvgIpc) is 2.85. The molecule has 2 aliphatic rings. The van der Waals surface area contributed by atoms with E-state index in [9.17, 15) is 9.59 Å². The number of carbonyl (C=O) groups is 2. The van der Waals surface area contributed by atoms with E-state index in [2.05, 4.69) is 28.9 Å². The number of aromatic nitrogens is 2.